The lowest BCUT2D eigenvalue weighted by atomic mass is 10.1. The topological polar surface area (TPSA) is 95.9 Å². The van der Waals surface area contributed by atoms with Crippen LogP contribution in [0.25, 0.3) is 0 Å². The normalized spacial score (nSPS) is 18.7. The van der Waals surface area contributed by atoms with Gasteiger partial charge in [-0.05, 0) is 20.8 Å². The van der Waals surface area contributed by atoms with Crippen LogP contribution in [-0.2, 0) is 9.53 Å². The average Bonchev–Trinajstić information content (AvgIpc) is 2.44. The predicted molar refractivity (Wildman–Crippen MR) is 83.6 cm³/mol. The summed E-state index contributed by atoms with van der Waals surface area (Å²) in [6.45, 7) is 5.94. The molecule has 1 aliphatic heterocycles. The van der Waals surface area contributed by atoms with Crippen molar-refractivity contribution in [2.24, 2.45) is 0 Å². The van der Waals surface area contributed by atoms with Gasteiger partial charge in [-0.3, -0.25) is 0 Å². The van der Waals surface area contributed by atoms with Gasteiger partial charge in [0.25, 0.3) is 0 Å². The second-order valence-electron chi connectivity index (χ2n) is 6.17. The Morgan fingerprint density at radius 2 is 2.04 bits per heavy atom. The van der Waals surface area contributed by atoms with Crippen molar-refractivity contribution in [3.05, 3.63) is 17.5 Å². The zero-order valence-electron chi connectivity index (χ0n) is 13.2. The molecule has 0 radical (unpaired) electrons. The number of amides is 1. The maximum absolute atomic E-state index is 12.1. The Kier molecular flexibility index (Phi) is 4.93. The first-order valence-corrected chi connectivity index (χ1v) is 7.50. The molecule has 1 aliphatic rings. The first-order valence-electron chi connectivity index (χ1n) is 7.12. The Hall–Kier alpha value is -2.09. The third-order valence-corrected chi connectivity index (χ3v) is 3.44. The SMILES string of the molecule is CC(C)(C)OC(=O)N1CCN(c2cc(Cl)ncn2)[C@H](C(=O)O)C1. The van der Waals surface area contributed by atoms with Crippen LogP contribution < -0.4 is 4.90 Å². The third-order valence-electron chi connectivity index (χ3n) is 3.23. The minimum atomic E-state index is -1.05. The number of halogens is 1. The van der Waals surface area contributed by atoms with E-state index in [2.05, 4.69) is 9.97 Å². The van der Waals surface area contributed by atoms with E-state index in [9.17, 15) is 14.7 Å². The van der Waals surface area contributed by atoms with E-state index in [0.717, 1.165) is 0 Å². The Morgan fingerprint density at radius 1 is 1.35 bits per heavy atom. The van der Waals surface area contributed by atoms with Crippen molar-refractivity contribution in [1.82, 2.24) is 14.9 Å². The molecule has 0 saturated carbocycles. The van der Waals surface area contributed by atoms with Crippen LogP contribution in [0.2, 0.25) is 5.15 Å². The number of carboxylic acids is 1. The highest BCUT2D eigenvalue weighted by Gasteiger charge is 2.36. The smallest absolute Gasteiger partial charge is 0.410 e. The average molecular weight is 343 g/mol. The zero-order chi connectivity index (χ0) is 17.2. The molecule has 1 fully saturated rings. The third kappa shape index (κ3) is 4.44. The molecule has 0 aliphatic carbocycles. The van der Waals surface area contributed by atoms with Crippen LogP contribution >= 0.6 is 11.6 Å². The monoisotopic (exact) mass is 342 g/mol. The Bertz CT molecular complexity index is 605. The number of aliphatic carboxylic acids is 1. The molecule has 1 aromatic rings. The molecule has 2 rings (SSSR count). The minimum Gasteiger partial charge on any atom is -0.480 e. The second-order valence-corrected chi connectivity index (χ2v) is 6.56. The number of ether oxygens (including phenoxy) is 1. The van der Waals surface area contributed by atoms with Crippen LogP contribution in [0.4, 0.5) is 10.6 Å². The van der Waals surface area contributed by atoms with Gasteiger partial charge in [-0.1, -0.05) is 11.6 Å². The van der Waals surface area contributed by atoms with E-state index >= 15 is 0 Å². The number of anilines is 1. The Morgan fingerprint density at radius 3 is 2.61 bits per heavy atom. The van der Waals surface area contributed by atoms with Gasteiger partial charge in [0, 0.05) is 19.2 Å². The Balaban J connectivity index is 2.15. The molecule has 0 unspecified atom stereocenters. The number of hydrogen-bond donors (Lipinski definition) is 1. The molecule has 1 aromatic heterocycles. The number of piperazine rings is 1. The molecule has 0 bridgehead atoms. The maximum Gasteiger partial charge on any atom is 0.410 e. The minimum absolute atomic E-state index is 0.00582. The number of aromatic nitrogens is 2. The lowest BCUT2D eigenvalue weighted by molar-refractivity contribution is -0.139. The van der Waals surface area contributed by atoms with Crippen LogP contribution in [0.1, 0.15) is 20.8 Å². The summed E-state index contributed by atoms with van der Waals surface area (Å²) in [7, 11) is 0. The summed E-state index contributed by atoms with van der Waals surface area (Å²) in [6.07, 6.45) is 0.751. The van der Waals surface area contributed by atoms with E-state index in [4.69, 9.17) is 16.3 Å². The van der Waals surface area contributed by atoms with Crippen molar-refractivity contribution in [1.29, 1.82) is 0 Å². The van der Waals surface area contributed by atoms with Gasteiger partial charge < -0.3 is 19.6 Å². The van der Waals surface area contributed by atoms with Crippen molar-refractivity contribution in [3.8, 4) is 0 Å². The molecule has 9 heteroatoms. The molecular weight excluding hydrogens is 324 g/mol. The molecule has 126 valence electrons. The molecule has 1 atom stereocenters. The van der Waals surface area contributed by atoms with Crippen LogP contribution in [0.3, 0.4) is 0 Å². The van der Waals surface area contributed by atoms with Gasteiger partial charge in [-0.15, -0.1) is 0 Å². The van der Waals surface area contributed by atoms with Gasteiger partial charge in [-0.25, -0.2) is 19.6 Å². The molecule has 1 N–H and O–H groups in total. The molecule has 2 heterocycles. The van der Waals surface area contributed by atoms with Gasteiger partial charge in [0.2, 0.25) is 0 Å². The summed E-state index contributed by atoms with van der Waals surface area (Å²) >= 11 is 5.83. The highest BCUT2D eigenvalue weighted by atomic mass is 35.5. The molecule has 23 heavy (non-hydrogen) atoms. The molecular formula is C14H19ClN4O4. The fourth-order valence-corrected chi connectivity index (χ4v) is 2.38. The van der Waals surface area contributed by atoms with Gasteiger partial charge in [0.05, 0.1) is 6.54 Å². The number of nitrogens with zero attached hydrogens (tertiary/aromatic N) is 4. The quantitative estimate of drug-likeness (QED) is 0.816. The number of hydrogen-bond acceptors (Lipinski definition) is 6. The van der Waals surface area contributed by atoms with E-state index in [1.54, 1.807) is 25.7 Å². The number of carbonyl (C=O) groups is 2. The maximum atomic E-state index is 12.1. The van der Waals surface area contributed by atoms with E-state index in [1.165, 1.54) is 17.3 Å². The lowest BCUT2D eigenvalue weighted by Crippen LogP contribution is -2.58. The van der Waals surface area contributed by atoms with Crippen molar-refractivity contribution in [3.63, 3.8) is 0 Å². The highest BCUT2D eigenvalue weighted by Crippen LogP contribution is 2.21. The Labute approximate surface area is 139 Å². The van der Waals surface area contributed by atoms with E-state index in [1.807, 2.05) is 0 Å². The van der Waals surface area contributed by atoms with Crippen molar-refractivity contribution in [2.45, 2.75) is 32.4 Å². The van der Waals surface area contributed by atoms with E-state index in [-0.39, 0.29) is 11.7 Å². The molecule has 8 nitrogen and oxygen atoms in total. The predicted octanol–water partition coefficient (Wildman–Crippen LogP) is 1.64. The first-order chi connectivity index (χ1) is 10.7. The highest BCUT2D eigenvalue weighted by molar-refractivity contribution is 6.29. The summed E-state index contributed by atoms with van der Waals surface area (Å²) < 4.78 is 5.29. The van der Waals surface area contributed by atoms with Crippen LogP contribution in [0.15, 0.2) is 12.4 Å². The summed E-state index contributed by atoms with van der Waals surface area (Å²) in [4.78, 5) is 34.5. The fraction of sp³-hybridized carbons (Fsp3) is 0.571. The zero-order valence-corrected chi connectivity index (χ0v) is 13.9. The van der Waals surface area contributed by atoms with E-state index < -0.39 is 23.7 Å². The molecule has 0 aromatic carbocycles. The number of carbonyl (C=O) groups excluding carboxylic acids is 1. The summed E-state index contributed by atoms with van der Waals surface area (Å²) in [5.41, 5.74) is -0.632. The molecule has 1 amide bonds. The van der Waals surface area contributed by atoms with Crippen molar-refractivity contribution < 1.29 is 19.4 Å². The summed E-state index contributed by atoms with van der Waals surface area (Å²) in [5.74, 6) is -0.630. The first kappa shape index (κ1) is 17.3. The number of carboxylic acid groups (broad SMARTS) is 1. The molecule has 0 spiro atoms. The fourth-order valence-electron chi connectivity index (χ4n) is 2.24. The van der Waals surface area contributed by atoms with Crippen molar-refractivity contribution >= 4 is 29.5 Å². The second kappa shape index (κ2) is 6.57. The van der Waals surface area contributed by atoms with Crippen LogP contribution in [0, 0.1) is 0 Å². The summed E-state index contributed by atoms with van der Waals surface area (Å²) in [5, 5.41) is 9.70. The lowest BCUT2D eigenvalue weighted by Gasteiger charge is -2.40. The largest absolute Gasteiger partial charge is 0.480 e. The molecule has 1 saturated heterocycles. The van der Waals surface area contributed by atoms with Gasteiger partial charge in [0.1, 0.15) is 28.9 Å². The summed E-state index contributed by atoms with van der Waals surface area (Å²) in [6, 6.07) is 0.572. The van der Waals surface area contributed by atoms with Crippen LogP contribution in [-0.4, -0.2) is 63.3 Å². The van der Waals surface area contributed by atoms with Crippen LogP contribution in [0.5, 0.6) is 0 Å². The van der Waals surface area contributed by atoms with Gasteiger partial charge >= 0.3 is 12.1 Å². The van der Waals surface area contributed by atoms with Gasteiger partial charge in [-0.2, -0.15) is 0 Å². The standard InChI is InChI=1S/C14H19ClN4O4/c1-14(2,3)23-13(22)18-4-5-19(9(7-18)12(20)21)11-6-10(15)16-8-17-11/h6,8-9H,4-5,7H2,1-3H3,(H,20,21)/t9-/m0/s1. The van der Waals surface area contributed by atoms with E-state index in [0.29, 0.717) is 18.9 Å². The van der Waals surface area contributed by atoms with Gasteiger partial charge in [0.15, 0.2) is 0 Å². The number of rotatable bonds is 2. The van der Waals surface area contributed by atoms with Crippen molar-refractivity contribution in [2.75, 3.05) is 24.5 Å².